The lowest BCUT2D eigenvalue weighted by Crippen LogP contribution is -1.97. The van der Waals surface area contributed by atoms with Crippen LogP contribution in [0.1, 0.15) is 12.8 Å². The van der Waals surface area contributed by atoms with Crippen LogP contribution >= 0.6 is 34.2 Å². The molecule has 0 spiro atoms. The Morgan fingerprint density at radius 2 is 2.33 bits per heavy atom. The Balaban J connectivity index is 2.21. The summed E-state index contributed by atoms with van der Waals surface area (Å²) in [5.41, 5.74) is 0. The SMILES string of the molecule is Clc1cnc(I)cc1OC1CC1. The van der Waals surface area contributed by atoms with E-state index in [0.717, 1.165) is 22.3 Å². The van der Waals surface area contributed by atoms with Crippen LogP contribution in [0.4, 0.5) is 0 Å². The second kappa shape index (κ2) is 3.38. The molecule has 1 aromatic rings. The minimum Gasteiger partial charge on any atom is -0.489 e. The molecule has 4 heteroatoms. The fourth-order valence-corrected chi connectivity index (χ4v) is 1.42. The van der Waals surface area contributed by atoms with E-state index in [9.17, 15) is 0 Å². The van der Waals surface area contributed by atoms with E-state index in [1.54, 1.807) is 6.20 Å². The van der Waals surface area contributed by atoms with E-state index < -0.39 is 0 Å². The van der Waals surface area contributed by atoms with Gasteiger partial charge >= 0.3 is 0 Å². The Kier molecular flexibility index (Phi) is 2.41. The Bertz CT molecular complexity index is 301. The van der Waals surface area contributed by atoms with Crippen molar-refractivity contribution in [3.63, 3.8) is 0 Å². The van der Waals surface area contributed by atoms with E-state index in [0.29, 0.717) is 11.1 Å². The average Bonchev–Trinajstić information content (AvgIpc) is 2.81. The number of rotatable bonds is 2. The van der Waals surface area contributed by atoms with E-state index >= 15 is 0 Å². The van der Waals surface area contributed by atoms with Crippen LogP contribution in [-0.4, -0.2) is 11.1 Å². The number of nitrogens with zero attached hydrogens (tertiary/aromatic N) is 1. The van der Waals surface area contributed by atoms with Crippen molar-refractivity contribution in [3.8, 4) is 5.75 Å². The maximum absolute atomic E-state index is 5.88. The quantitative estimate of drug-likeness (QED) is 0.618. The summed E-state index contributed by atoms with van der Waals surface area (Å²) in [5.74, 6) is 0.763. The normalized spacial score (nSPS) is 16.2. The molecule has 1 saturated carbocycles. The standard InChI is InChI=1S/C8H7ClINO/c9-6-4-11-8(10)3-7(6)12-5-1-2-5/h3-5H,1-2H2. The first kappa shape index (κ1) is 8.56. The van der Waals surface area contributed by atoms with Gasteiger partial charge in [0.1, 0.15) is 14.5 Å². The second-order valence-electron chi connectivity index (χ2n) is 2.75. The molecule has 2 nitrogen and oxygen atoms in total. The predicted molar refractivity (Wildman–Crippen MR) is 55.6 cm³/mol. The molecule has 1 aliphatic carbocycles. The number of aromatic nitrogens is 1. The third kappa shape index (κ3) is 2.01. The van der Waals surface area contributed by atoms with Gasteiger partial charge < -0.3 is 4.74 Å². The topological polar surface area (TPSA) is 22.1 Å². The molecule has 0 N–H and O–H groups in total. The van der Waals surface area contributed by atoms with Gasteiger partial charge in [-0.25, -0.2) is 4.98 Å². The largest absolute Gasteiger partial charge is 0.489 e. The summed E-state index contributed by atoms with van der Waals surface area (Å²) < 4.78 is 6.47. The third-order valence-corrected chi connectivity index (χ3v) is 2.48. The Hall–Kier alpha value is -0.0300. The summed E-state index contributed by atoms with van der Waals surface area (Å²) in [7, 11) is 0. The molecule has 0 unspecified atom stereocenters. The average molecular weight is 296 g/mol. The van der Waals surface area contributed by atoms with Crippen LogP contribution in [0.15, 0.2) is 12.3 Å². The highest BCUT2D eigenvalue weighted by Crippen LogP contribution is 2.31. The molecule has 0 saturated heterocycles. The van der Waals surface area contributed by atoms with Gasteiger partial charge in [-0.1, -0.05) is 11.6 Å². The van der Waals surface area contributed by atoms with Crippen LogP contribution in [-0.2, 0) is 0 Å². The Morgan fingerprint density at radius 3 is 3.00 bits per heavy atom. The number of hydrogen-bond acceptors (Lipinski definition) is 2. The molecule has 0 bridgehead atoms. The van der Waals surface area contributed by atoms with Gasteiger partial charge in [-0.3, -0.25) is 0 Å². The van der Waals surface area contributed by atoms with Crippen molar-refractivity contribution in [2.24, 2.45) is 0 Å². The van der Waals surface area contributed by atoms with Gasteiger partial charge in [-0.15, -0.1) is 0 Å². The molecule has 0 aliphatic heterocycles. The fraction of sp³-hybridized carbons (Fsp3) is 0.375. The van der Waals surface area contributed by atoms with E-state index in [1.165, 1.54) is 0 Å². The lowest BCUT2D eigenvalue weighted by atomic mass is 10.4. The van der Waals surface area contributed by atoms with Gasteiger partial charge in [0.2, 0.25) is 0 Å². The summed E-state index contributed by atoms with van der Waals surface area (Å²) >= 11 is 8.02. The smallest absolute Gasteiger partial charge is 0.142 e. The van der Waals surface area contributed by atoms with Crippen molar-refractivity contribution in [1.29, 1.82) is 0 Å². The third-order valence-electron chi connectivity index (χ3n) is 1.60. The van der Waals surface area contributed by atoms with E-state index in [4.69, 9.17) is 16.3 Å². The van der Waals surface area contributed by atoms with Crippen molar-refractivity contribution < 1.29 is 4.74 Å². The summed E-state index contributed by atoms with van der Waals surface area (Å²) in [6, 6.07) is 1.86. The van der Waals surface area contributed by atoms with E-state index in [2.05, 4.69) is 27.6 Å². The summed E-state index contributed by atoms with van der Waals surface area (Å²) in [6.45, 7) is 0. The van der Waals surface area contributed by atoms with Crippen LogP contribution in [0.5, 0.6) is 5.75 Å². The molecule has 12 heavy (non-hydrogen) atoms. The molecule has 0 amide bonds. The molecule has 2 rings (SSSR count). The van der Waals surface area contributed by atoms with Gasteiger partial charge in [0.05, 0.1) is 12.3 Å². The maximum atomic E-state index is 5.88. The molecular weight excluding hydrogens is 288 g/mol. The van der Waals surface area contributed by atoms with Crippen LogP contribution in [0.3, 0.4) is 0 Å². The first-order valence-corrected chi connectivity index (χ1v) is 5.19. The molecular formula is C8H7ClINO. The molecule has 0 radical (unpaired) electrons. The zero-order chi connectivity index (χ0) is 8.55. The van der Waals surface area contributed by atoms with Crippen molar-refractivity contribution in [2.75, 3.05) is 0 Å². The lowest BCUT2D eigenvalue weighted by molar-refractivity contribution is 0.303. The van der Waals surface area contributed by atoms with Gasteiger partial charge in [-0.2, -0.15) is 0 Å². The van der Waals surface area contributed by atoms with Gasteiger partial charge in [0.15, 0.2) is 0 Å². The highest BCUT2D eigenvalue weighted by Gasteiger charge is 2.24. The monoisotopic (exact) mass is 295 g/mol. The highest BCUT2D eigenvalue weighted by atomic mass is 127. The highest BCUT2D eigenvalue weighted by molar-refractivity contribution is 14.1. The second-order valence-corrected chi connectivity index (χ2v) is 4.27. The molecule has 1 aliphatic rings. The minimum absolute atomic E-state index is 0.390. The van der Waals surface area contributed by atoms with E-state index in [1.807, 2.05) is 6.07 Å². The zero-order valence-corrected chi connectivity index (χ0v) is 9.17. The Morgan fingerprint density at radius 1 is 1.58 bits per heavy atom. The van der Waals surface area contributed by atoms with Gasteiger partial charge in [0, 0.05) is 6.07 Å². The molecule has 1 fully saturated rings. The van der Waals surface area contributed by atoms with Crippen LogP contribution in [0.2, 0.25) is 5.02 Å². The summed E-state index contributed by atoms with van der Waals surface area (Å²) in [4.78, 5) is 4.04. The van der Waals surface area contributed by atoms with Crippen LogP contribution < -0.4 is 4.74 Å². The van der Waals surface area contributed by atoms with Crippen molar-refractivity contribution >= 4 is 34.2 Å². The van der Waals surface area contributed by atoms with Crippen molar-refractivity contribution in [1.82, 2.24) is 4.98 Å². The van der Waals surface area contributed by atoms with Crippen LogP contribution in [0, 0.1) is 3.70 Å². The lowest BCUT2D eigenvalue weighted by Gasteiger charge is -2.05. The first-order valence-electron chi connectivity index (χ1n) is 3.73. The van der Waals surface area contributed by atoms with Gasteiger partial charge in [-0.05, 0) is 35.4 Å². The number of ether oxygens (including phenoxy) is 1. The number of hydrogen-bond donors (Lipinski definition) is 0. The van der Waals surface area contributed by atoms with E-state index in [-0.39, 0.29) is 0 Å². The first-order chi connectivity index (χ1) is 5.75. The molecule has 0 aromatic carbocycles. The molecule has 0 atom stereocenters. The van der Waals surface area contributed by atoms with Crippen LogP contribution in [0.25, 0.3) is 0 Å². The number of pyridine rings is 1. The molecule has 1 heterocycles. The van der Waals surface area contributed by atoms with Crippen molar-refractivity contribution in [2.45, 2.75) is 18.9 Å². The molecule has 1 aromatic heterocycles. The van der Waals surface area contributed by atoms with Crippen molar-refractivity contribution in [3.05, 3.63) is 21.0 Å². The predicted octanol–water partition coefficient (Wildman–Crippen LogP) is 2.88. The summed E-state index contributed by atoms with van der Waals surface area (Å²) in [6.07, 6.45) is 4.31. The van der Waals surface area contributed by atoms with Gasteiger partial charge in [0.25, 0.3) is 0 Å². The minimum atomic E-state index is 0.390. The molecule has 64 valence electrons. The summed E-state index contributed by atoms with van der Waals surface area (Å²) in [5, 5.41) is 0.599. The maximum Gasteiger partial charge on any atom is 0.142 e. The fourth-order valence-electron chi connectivity index (χ4n) is 0.852. The Labute approximate surface area is 89.4 Å². The number of halogens is 2. The zero-order valence-electron chi connectivity index (χ0n) is 6.26.